The van der Waals surface area contributed by atoms with Gasteiger partial charge in [-0.05, 0) is 18.2 Å². The molecule has 0 bridgehead atoms. The summed E-state index contributed by atoms with van der Waals surface area (Å²) in [7, 11) is 0. The second-order valence-corrected chi connectivity index (χ2v) is 3.60. The molecule has 3 rings (SSSR count). The average molecular weight is 211 g/mol. The van der Waals surface area contributed by atoms with E-state index in [9.17, 15) is 4.79 Å². The van der Waals surface area contributed by atoms with Crippen LogP contribution in [0.2, 0.25) is 0 Å². The Hall–Kier alpha value is -2.23. The van der Waals surface area contributed by atoms with Crippen molar-refractivity contribution in [2.45, 2.75) is 6.42 Å². The summed E-state index contributed by atoms with van der Waals surface area (Å²) in [6.07, 6.45) is 5.46. The molecule has 3 heterocycles. The standard InChI is InChI=1S/C12H9N3O/c16-11-7-9-3-1-6-14-12(9)15(11)10-4-2-5-13-8-10/h1-6,8H,7H2. The Balaban J connectivity index is 2.13. The van der Waals surface area contributed by atoms with Crippen LogP contribution in [0, 0.1) is 0 Å². The van der Waals surface area contributed by atoms with Crippen LogP contribution in [0.25, 0.3) is 0 Å². The van der Waals surface area contributed by atoms with Crippen LogP contribution in [0.4, 0.5) is 11.5 Å². The summed E-state index contributed by atoms with van der Waals surface area (Å²) in [5.41, 5.74) is 1.74. The summed E-state index contributed by atoms with van der Waals surface area (Å²) < 4.78 is 0. The van der Waals surface area contributed by atoms with Crippen LogP contribution in [-0.4, -0.2) is 15.9 Å². The van der Waals surface area contributed by atoms with Crippen LogP contribution in [-0.2, 0) is 11.2 Å². The van der Waals surface area contributed by atoms with E-state index in [1.54, 1.807) is 23.5 Å². The lowest BCUT2D eigenvalue weighted by atomic mass is 10.2. The van der Waals surface area contributed by atoms with Crippen molar-refractivity contribution in [1.82, 2.24) is 9.97 Å². The number of carbonyl (C=O) groups excluding carboxylic acids is 1. The number of nitrogens with zero attached hydrogens (tertiary/aromatic N) is 3. The molecule has 0 fully saturated rings. The molecular weight excluding hydrogens is 202 g/mol. The molecule has 16 heavy (non-hydrogen) atoms. The van der Waals surface area contributed by atoms with Crippen LogP contribution < -0.4 is 4.90 Å². The molecule has 2 aromatic heterocycles. The van der Waals surface area contributed by atoms with Crippen molar-refractivity contribution < 1.29 is 4.79 Å². The van der Waals surface area contributed by atoms with Gasteiger partial charge in [0.1, 0.15) is 5.82 Å². The van der Waals surface area contributed by atoms with E-state index in [0.29, 0.717) is 6.42 Å². The van der Waals surface area contributed by atoms with Crippen molar-refractivity contribution in [1.29, 1.82) is 0 Å². The van der Waals surface area contributed by atoms with Gasteiger partial charge in [-0.25, -0.2) is 4.98 Å². The smallest absolute Gasteiger partial charge is 0.237 e. The highest BCUT2D eigenvalue weighted by Crippen LogP contribution is 2.32. The van der Waals surface area contributed by atoms with E-state index in [2.05, 4.69) is 9.97 Å². The second kappa shape index (κ2) is 3.41. The van der Waals surface area contributed by atoms with Crippen molar-refractivity contribution in [3.8, 4) is 0 Å². The Kier molecular flexibility index (Phi) is 1.93. The molecule has 1 aliphatic heterocycles. The molecule has 2 aromatic rings. The average Bonchev–Trinajstić information content (AvgIpc) is 2.66. The summed E-state index contributed by atoms with van der Waals surface area (Å²) in [5, 5.41) is 0. The molecule has 0 aromatic carbocycles. The van der Waals surface area contributed by atoms with Crippen LogP contribution in [0.15, 0.2) is 42.9 Å². The Morgan fingerprint density at radius 1 is 1.19 bits per heavy atom. The number of anilines is 2. The van der Waals surface area contributed by atoms with Gasteiger partial charge in [0.25, 0.3) is 0 Å². The zero-order valence-corrected chi connectivity index (χ0v) is 8.50. The first-order chi connectivity index (χ1) is 7.86. The molecule has 0 atom stereocenters. The summed E-state index contributed by atoms with van der Waals surface area (Å²) in [4.78, 5) is 21.8. The second-order valence-electron chi connectivity index (χ2n) is 3.60. The summed E-state index contributed by atoms with van der Waals surface area (Å²) in [5.74, 6) is 0.766. The zero-order valence-electron chi connectivity index (χ0n) is 8.50. The number of amides is 1. The van der Waals surface area contributed by atoms with Gasteiger partial charge in [-0.2, -0.15) is 0 Å². The van der Waals surface area contributed by atoms with Crippen molar-refractivity contribution in [2.75, 3.05) is 4.90 Å². The lowest BCUT2D eigenvalue weighted by Gasteiger charge is -2.15. The first-order valence-corrected chi connectivity index (χ1v) is 5.03. The van der Waals surface area contributed by atoms with Gasteiger partial charge in [-0.15, -0.1) is 0 Å². The van der Waals surface area contributed by atoms with Crippen LogP contribution in [0.3, 0.4) is 0 Å². The van der Waals surface area contributed by atoms with Gasteiger partial charge in [-0.1, -0.05) is 6.07 Å². The maximum Gasteiger partial charge on any atom is 0.237 e. The number of carbonyl (C=O) groups is 1. The first-order valence-electron chi connectivity index (χ1n) is 5.03. The molecule has 1 aliphatic rings. The van der Waals surface area contributed by atoms with Gasteiger partial charge in [0, 0.05) is 18.0 Å². The molecule has 4 nitrogen and oxygen atoms in total. The van der Waals surface area contributed by atoms with Crippen molar-refractivity contribution in [3.05, 3.63) is 48.4 Å². The fourth-order valence-corrected chi connectivity index (χ4v) is 1.88. The third kappa shape index (κ3) is 1.27. The topological polar surface area (TPSA) is 46.1 Å². The first kappa shape index (κ1) is 9.03. The molecule has 0 N–H and O–H groups in total. The minimum Gasteiger partial charge on any atom is -0.274 e. The fraction of sp³-hybridized carbons (Fsp3) is 0.0833. The minimum absolute atomic E-state index is 0.0432. The largest absolute Gasteiger partial charge is 0.274 e. The summed E-state index contributed by atoms with van der Waals surface area (Å²) >= 11 is 0. The predicted octanol–water partition coefficient (Wildman–Crippen LogP) is 1.70. The Bertz CT molecular complexity index is 539. The maximum absolute atomic E-state index is 11.9. The van der Waals surface area contributed by atoms with E-state index in [4.69, 9.17) is 0 Å². The zero-order chi connectivity index (χ0) is 11.0. The number of pyridine rings is 2. The van der Waals surface area contributed by atoms with Gasteiger partial charge in [0.2, 0.25) is 5.91 Å². The Morgan fingerprint density at radius 2 is 2.06 bits per heavy atom. The van der Waals surface area contributed by atoms with Gasteiger partial charge < -0.3 is 0 Å². The van der Waals surface area contributed by atoms with Gasteiger partial charge in [0.15, 0.2) is 0 Å². The molecule has 0 saturated carbocycles. The van der Waals surface area contributed by atoms with E-state index >= 15 is 0 Å². The highest BCUT2D eigenvalue weighted by atomic mass is 16.2. The molecule has 0 aliphatic carbocycles. The maximum atomic E-state index is 11.9. The SMILES string of the molecule is O=C1Cc2cccnc2N1c1cccnc1. The van der Waals surface area contributed by atoms with Crippen LogP contribution >= 0.6 is 0 Å². The number of hydrogen-bond donors (Lipinski definition) is 0. The van der Waals surface area contributed by atoms with E-state index in [1.165, 1.54) is 0 Å². The molecule has 0 radical (unpaired) electrons. The third-order valence-corrected chi connectivity index (χ3v) is 2.57. The van der Waals surface area contributed by atoms with Crippen molar-refractivity contribution in [2.24, 2.45) is 0 Å². The number of aromatic nitrogens is 2. The third-order valence-electron chi connectivity index (χ3n) is 2.57. The lowest BCUT2D eigenvalue weighted by Crippen LogP contribution is -2.21. The van der Waals surface area contributed by atoms with Crippen LogP contribution in [0.1, 0.15) is 5.56 Å². The van der Waals surface area contributed by atoms with Crippen molar-refractivity contribution >= 4 is 17.4 Å². The van der Waals surface area contributed by atoms with E-state index in [1.807, 2.05) is 24.3 Å². The molecule has 0 saturated heterocycles. The van der Waals surface area contributed by atoms with E-state index in [0.717, 1.165) is 17.1 Å². The molecule has 0 unspecified atom stereocenters. The number of hydrogen-bond acceptors (Lipinski definition) is 3. The lowest BCUT2D eigenvalue weighted by molar-refractivity contribution is -0.116. The molecule has 0 spiro atoms. The Labute approximate surface area is 92.6 Å². The quantitative estimate of drug-likeness (QED) is 0.721. The number of fused-ring (bicyclic) bond motifs is 1. The van der Waals surface area contributed by atoms with E-state index < -0.39 is 0 Å². The summed E-state index contributed by atoms with van der Waals surface area (Å²) in [6, 6.07) is 7.44. The minimum atomic E-state index is 0.0432. The highest BCUT2D eigenvalue weighted by Gasteiger charge is 2.29. The van der Waals surface area contributed by atoms with Gasteiger partial charge in [-0.3, -0.25) is 14.7 Å². The molecule has 1 amide bonds. The predicted molar refractivity (Wildman–Crippen MR) is 59.3 cm³/mol. The molecule has 78 valence electrons. The van der Waals surface area contributed by atoms with Gasteiger partial charge >= 0.3 is 0 Å². The van der Waals surface area contributed by atoms with E-state index in [-0.39, 0.29) is 5.91 Å². The molecule has 4 heteroatoms. The number of rotatable bonds is 1. The fourth-order valence-electron chi connectivity index (χ4n) is 1.88. The normalized spacial score (nSPS) is 14.0. The molecular formula is C12H9N3O. The highest BCUT2D eigenvalue weighted by molar-refractivity contribution is 6.05. The van der Waals surface area contributed by atoms with Crippen LogP contribution in [0.5, 0.6) is 0 Å². The monoisotopic (exact) mass is 211 g/mol. The van der Waals surface area contributed by atoms with Crippen molar-refractivity contribution in [3.63, 3.8) is 0 Å². The Morgan fingerprint density at radius 3 is 2.88 bits per heavy atom. The summed E-state index contributed by atoms with van der Waals surface area (Å²) in [6.45, 7) is 0. The van der Waals surface area contributed by atoms with Gasteiger partial charge in [0.05, 0.1) is 18.3 Å².